The average Bonchev–Trinajstić information content (AvgIpc) is 2.40. The van der Waals surface area contributed by atoms with Gasteiger partial charge in [-0.15, -0.1) is 24.8 Å². The normalized spacial score (nSPS) is 16.9. The Morgan fingerprint density at radius 1 is 1.21 bits per heavy atom. The molecule has 19 heavy (non-hydrogen) atoms. The zero-order valence-electron chi connectivity index (χ0n) is 11.1. The maximum atomic E-state index is 6.19. The highest BCUT2D eigenvalue weighted by Gasteiger charge is 2.15. The van der Waals surface area contributed by atoms with E-state index in [4.69, 9.17) is 15.2 Å². The van der Waals surface area contributed by atoms with Gasteiger partial charge in [0.2, 0.25) is 0 Å². The number of rotatable bonds is 4. The molecular weight excluding hydrogens is 287 g/mol. The number of hydrogen-bond acceptors (Lipinski definition) is 4. The van der Waals surface area contributed by atoms with Gasteiger partial charge in [-0.2, -0.15) is 0 Å². The molecule has 0 saturated carbocycles. The molecule has 2 rings (SSSR count). The second-order valence-electron chi connectivity index (χ2n) is 4.29. The molecule has 1 aliphatic rings. The minimum Gasteiger partial charge on any atom is -0.497 e. The summed E-state index contributed by atoms with van der Waals surface area (Å²) in [4.78, 5) is 2.35. The average molecular weight is 309 g/mol. The van der Waals surface area contributed by atoms with Crippen LogP contribution in [0.2, 0.25) is 0 Å². The fourth-order valence-electron chi connectivity index (χ4n) is 2.02. The van der Waals surface area contributed by atoms with E-state index in [0.29, 0.717) is 0 Å². The Bertz CT molecular complexity index is 343. The van der Waals surface area contributed by atoms with Gasteiger partial charge in [0.05, 0.1) is 20.3 Å². The lowest BCUT2D eigenvalue weighted by Crippen LogP contribution is -2.40. The lowest BCUT2D eigenvalue weighted by atomic mass is 10.1. The van der Waals surface area contributed by atoms with Crippen LogP contribution < -0.4 is 10.5 Å². The first-order chi connectivity index (χ1) is 8.29. The van der Waals surface area contributed by atoms with Crippen molar-refractivity contribution in [2.45, 2.75) is 6.04 Å². The van der Waals surface area contributed by atoms with Crippen LogP contribution in [0.5, 0.6) is 5.75 Å². The van der Waals surface area contributed by atoms with Crippen LogP contribution in [0, 0.1) is 0 Å². The van der Waals surface area contributed by atoms with Gasteiger partial charge in [0.1, 0.15) is 5.75 Å². The topological polar surface area (TPSA) is 47.7 Å². The summed E-state index contributed by atoms with van der Waals surface area (Å²) in [6.07, 6.45) is 0. The second-order valence-corrected chi connectivity index (χ2v) is 4.29. The van der Waals surface area contributed by atoms with Crippen molar-refractivity contribution in [1.29, 1.82) is 0 Å². The Balaban J connectivity index is 0.00000162. The summed E-state index contributed by atoms with van der Waals surface area (Å²) in [5.41, 5.74) is 7.34. The lowest BCUT2D eigenvalue weighted by Gasteiger charge is -2.29. The fourth-order valence-corrected chi connectivity index (χ4v) is 2.02. The monoisotopic (exact) mass is 308 g/mol. The van der Waals surface area contributed by atoms with Crippen LogP contribution in [0.15, 0.2) is 24.3 Å². The molecule has 1 unspecified atom stereocenters. The van der Waals surface area contributed by atoms with Gasteiger partial charge in [-0.25, -0.2) is 0 Å². The molecule has 1 aromatic rings. The van der Waals surface area contributed by atoms with E-state index in [1.165, 1.54) is 0 Å². The van der Waals surface area contributed by atoms with Crippen molar-refractivity contribution in [2.75, 3.05) is 40.0 Å². The minimum atomic E-state index is 0. The van der Waals surface area contributed by atoms with E-state index in [2.05, 4.69) is 4.90 Å². The Morgan fingerprint density at radius 3 is 2.32 bits per heavy atom. The maximum Gasteiger partial charge on any atom is 0.118 e. The van der Waals surface area contributed by atoms with E-state index in [1.807, 2.05) is 24.3 Å². The zero-order valence-corrected chi connectivity index (χ0v) is 12.7. The fraction of sp³-hybridized carbons (Fsp3) is 0.538. The molecular formula is C13H22Cl2N2O2. The number of ether oxygens (including phenoxy) is 2. The minimum absolute atomic E-state index is 0. The van der Waals surface area contributed by atoms with Gasteiger partial charge in [-0.05, 0) is 17.7 Å². The number of nitrogens with zero attached hydrogens (tertiary/aromatic N) is 1. The molecule has 6 heteroatoms. The molecule has 1 fully saturated rings. The molecule has 0 aliphatic carbocycles. The van der Waals surface area contributed by atoms with Gasteiger partial charge in [-0.1, -0.05) is 12.1 Å². The maximum absolute atomic E-state index is 6.19. The van der Waals surface area contributed by atoms with Gasteiger partial charge < -0.3 is 15.2 Å². The van der Waals surface area contributed by atoms with Gasteiger partial charge in [0, 0.05) is 25.7 Å². The van der Waals surface area contributed by atoms with Crippen molar-refractivity contribution in [3.8, 4) is 5.75 Å². The SMILES string of the molecule is COc1ccc(C(N)CN2CCOCC2)cc1.Cl.Cl. The van der Waals surface area contributed by atoms with Crippen molar-refractivity contribution in [1.82, 2.24) is 4.90 Å². The molecule has 2 N–H and O–H groups in total. The second kappa shape index (κ2) is 9.39. The van der Waals surface area contributed by atoms with E-state index in [9.17, 15) is 0 Å². The van der Waals surface area contributed by atoms with Crippen LogP contribution in [0.4, 0.5) is 0 Å². The summed E-state index contributed by atoms with van der Waals surface area (Å²) in [7, 11) is 1.67. The number of morpholine rings is 1. The van der Waals surface area contributed by atoms with Gasteiger partial charge >= 0.3 is 0 Å². The van der Waals surface area contributed by atoms with Crippen molar-refractivity contribution in [3.05, 3.63) is 29.8 Å². The third-order valence-electron chi connectivity index (χ3n) is 3.10. The number of halogens is 2. The highest BCUT2D eigenvalue weighted by Crippen LogP contribution is 2.17. The summed E-state index contributed by atoms with van der Waals surface area (Å²) in [5.74, 6) is 0.868. The van der Waals surface area contributed by atoms with Gasteiger partial charge in [0.25, 0.3) is 0 Å². The molecule has 1 atom stereocenters. The number of benzene rings is 1. The highest BCUT2D eigenvalue weighted by molar-refractivity contribution is 5.85. The molecule has 0 amide bonds. The van der Waals surface area contributed by atoms with Crippen molar-refractivity contribution in [2.24, 2.45) is 5.73 Å². The molecule has 110 valence electrons. The quantitative estimate of drug-likeness (QED) is 0.922. The first kappa shape index (κ1) is 18.5. The Hall–Kier alpha value is -0.520. The molecule has 0 spiro atoms. The third-order valence-corrected chi connectivity index (χ3v) is 3.10. The Morgan fingerprint density at radius 2 is 1.79 bits per heavy atom. The summed E-state index contributed by atoms with van der Waals surface area (Å²) >= 11 is 0. The Kier molecular flexibility index (Phi) is 9.14. The number of hydrogen-bond donors (Lipinski definition) is 1. The summed E-state index contributed by atoms with van der Waals surface area (Å²) in [5, 5.41) is 0. The van der Waals surface area contributed by atoms with Crippen LogP contribution in [0.3, 0.4) is 0 Å². The van der Waals surface area contributed by atoms with Crippen molar-refractivity contribution < 1.29 is 9.47 Å². The molecule has 0 bridgehead atoms. The van der Waals surface area contributed by atoms with E-state index >= 15 is 0 Å². The first-order valence-electron chi connectivity index (χ1n) is 5.99. The van der Waals surface area contributed by atoms with E-state index < -0.39 is 0 Å². The zero-order chi connectivity index (χ0) is 12.1. The predicted octanol–water partition coefficient (Wildman–Crippen LogP) is 1.87. The first-order valence-corrected chi connectivity index (χ1v) is 5.99. The standard InChI is InChI=1S/C13H20N2O2.2ClH/c1-16-12-4-2-11(3-5-12)13(14)10-15-6-8-17-9-7-15;;/h2-5,13H,6-10,14H2,1H3;2*1H. The number of nitrogens with two attached hydrogens (primary N) is 1. The van der Waals surface area contributed by atoms with E-state index in [1.54, 1.807) is 7.11 Å². The molecule has 0 aromatic heterocycles. The lowest BCUT2D eigenvalue weighted by molar-refractivity contribution is 0.0352. The summed E-state index contributed by atoms with van der Waals surface area (Å²) in [6.45, 7) is 4.47. The van der Waals surface area contributed by atoms with Crippen molar-refractivity contribution in [3.63, 3.8) is 0 Å². The predicted molar refractivity (Wildman–Crippen MR) is 81.7 cm³/mol. The molecule has 1 heterocycles. The van der Waals surface area contributed by atoms with Crippen LogP contribution in [-0.2, 0) is 4.74 Å². The third kappa shape index (κ3) is 5.55. The van der Waals surface area contributed by atoms with Crippen molar-refractivity contribution >= 4 is 24.8 Å². The summed E-state index contributed by atoms with van der Waals surface area (Å²) in [6, 6.07) is 8.02. The van der Waals surface area contributed by atoms with Crippen LogP contribution in [0.25, 0.3) is 0 Å². The molecule has 0 radical (unpaired) electrons. The van der Waals surface area contributed by atoms with Gasteiger partial charge in [-0.3, -0.25) is 4.90 Å². The van der Waals surface area contributed by atoms with Crippen LogP contribution >= 0.6 is 24.8 Å². The van der Waals surface area contributed by atoms with Gasteiger partial charge in [0.15, 0.2) is 0 Å². The van der Waals surface area contributed by atoms with Crippen LogP contribution in [-0.4, -0.2) is 44.9 Å². The van der Waals surface area contributed by atoms with E-state index in [-0.39, 0.29) is 30.9 Å². The van der Waals surface area contributed by atoms with E-state index in [0.717, 1.165) is 44.2 Å². The largest absolute Gasteiger partial charge is 0.497 e. The smallest absolute Gasteiger partial charge is 0.118 e. The highest BCUT2D eigenvalue weighted by atomic mass is 35.5. The summed E-state index contributed by atoms with van der Waals surface area (Å²) < 4.78 is 10.4. The molecule has 1 aliphatic heterocycles. The molecule has 4 nitrogen and oxygen atoms in total. The molecule has 1 saturated heterocycles. The van der Waals surface area contributed by atoms with Crippen LogP contribution in [0.1, 0.15) is 11.6 Å². The number of methoxy groups -OCH3 is 1. The Labute approximate surface area is 127 Å². The molecule has 1 aromatic carbocycles.